The second-order valence-corrected chi connectivity index (χ2v) is 8.78. The Bertz CT molecular complexity index is 1210. The SMILES string of the molecule is C[C@H](c1ccc(F)cc1CN1CCOCC1)n1nnc2c1CCN(c1cn[nH]c(=O)c1Cl)C2. The summed E-state index contributed by atoms with van der Waals surface area (Å²) in [5.41, 5.74) is 4.02. The summed E-state index contributed by atoms with van der Waals surface area (Å²) in [4.78, 5) is 16.1. The van der Waals surface area contributed by atoms with Crippen molar-refractivity contribution >= 4 is 17.3 Å². The van der Waals surface area contributed by atoms with E-state index in [1.165, 1.54) is 6.07 Å². The largest absolute Gasteiger partial charge is 0.379 e. The lowest BCUT2D eigenvalue weighted by molar-refractivity contribution is 0.0340. The minimum Gasteiger partial charge on any atom is -0.379 e. The van der Waals surface area contributed by atoms with Gasteiger partial charge in [-0.15, -0.1) is 5.10 Å². The standard InChI is InChI=1S/C22H25ClFN7O2/c1-14(17-3-2-16(24)10-15(17)12-29-6-8-33-9-7-29)31-19-4-5-30(13-18(19)26-28-31)20-11-25-27-22(32)21(20)23/h2-3,10-11,14H,4-9,12-13H2,1H3,(H,27,32)/t14-/m1/s1. The van der Waals surface area contributed by atoms with E-state index in [9.17, 15) is 9.18 Å². The second-order valence-electron chi connectivity index (χ2n) is 8.40. The Kier molecular flexibility index (Phi) is 6.13. The molecule has 0 unspecified atom stereocenters. The Balaban J connectivity index is 1.40. The third-order valence-electron chi connectivity index (χ3n) is 6.37. The van der Waals surface area contributed by atoms with Gasteiger partial charge in [-0.05, 0) is 30.2 Å². The highest BCUT2D eigenvalue weighted by Crippen LogP contribution is 2.30. The quantitative estimate of drug-likeness (QED) is 0.607. The molecule has 0 saturated carbocycles. The van der Waals surface area contributed by atoms with Gasteiger partial charge < -0.3 is 9.64 Å². The number of fused-ring (bicyclic) bond motifs is 1. The molecule has 0 bridgehead atoms. The molecule has 0 spiro atoms. The van der Waals surface area contributed by atoms with Crippen LogP contribution in [-0.2, 0) is 24.2 Å². The first-order chi connectivity index (χ1) is 16.0. The van der Waals surface area contributed by atoms with Crippen LogP contribution in [0, 0.1) is 5.82 Å². The monoisotopic (exact) mass is 473 g/mol. The van der Waals surface area contributed by atoms with E-state index in [1.54, 1.807) is 12.3 Å². The summed E-state index contributed by atoms with van der Waals surface area (Å²) in [5, 5.41) is 15.2. The predicted octanol–water partition coefficient (Wildman–Crippen LogP) is 2.16. The highest BCUT2D eigenvalue weighted by atomic mass is 35.5. The van der Waals surface area contributed by atoms with Gasteiger partial charge in [0.05, 0.1) is 43.4 Å². The number of H-pyrrole nitrogens is 1. The van der Waals surface area contributed by atoms with Crippen molar-refractivity contribution in [1.82, 2.24) is 30.1 Å². The summed E-state index contributed by atoms with van der Waals surface area (Å²) in [5.74, 6) is -0.242. The Morgan fingerprint density at radius 2 is 2.09 bits per heavy atom. The molecule has 3 aromatic rings. The number of anilines is 1. The maximum absolute atomic E-state index is 14.1. The van der Waals surface area contributed by atoms with Crippen LogP contribution in [0.3, 0.4) is 0 Å². The van der Waals surface area contributed by atoms with Crippen molar-refractivity contribution in [3.8, 4) is 0 Å². The van der Waals surface area contributed by atoms with Crippen molar-refractivity contribution in [3.63, 3.8) is 0 Å². The lowest BCUT2D eigenvalue weighted by Crippen LogP contribution is -2.36. The van der Waals surface area contributed by atoms with Crippen LogP contribution in [0.1, 0.15) is 35.5 Å². The summed E-state index contributed by atoms with van der Waals surface area (Å²) in [6, 6.07) is 4.87. The number of nitrogens with zero attached hydrogens (tertiary/aromatic N) is 6. The van der Waals surface area contributed by atoms with E-state index in [1.807, 2.05) is 15.6 Å². The van der Waals surface area contributed by atoms with Gasteiger partial charge in [-0.3, -0.25) is 9.69 Å². The van der Waals surface area contributed by atoms with Crippen molar-refractivity contribution in [2.45, 2.75) is 32.5 Å². The number of hydrogen-bond acceptors (Lipinski definition) is 7. The van der Waals surface area contributed by atoms with E-state index < -0.39 is 5.56 Å². The van der Waals surface area contributed by atoms with Gasteiger partial charge in [0.15, 0.2) is 0 Å². The molecule has 33 heavy (non-hydrogen) atoms. The van der Waals surface area contributed by atoms with Gasteiger partial charge in [0.1, 0.15) is 16.5 Å². The Labute approximate surface area is 195 Å². The average molecular weight is 474 g/mol. The maximum atomic E-state index is 14.1. The molecule has 2 aromatic heterocycles. The number of rotatable bonds is 5. The van der Waals surface area contributed by atoms with Crippen molar-refractivity contribution in [1.29, 1.82) is 0 Å². The molecular formula is C22H25ClFN7O2. The molecule has 2 aliphatic rings. The zero-order valence-corrected chi connectivity index (χ0v) is 19.1. The van der Waals surface area contributed by atoms with Crippen molar-refractivity contribution in [3.05, 3.63) is 68.1 Å². The molecule has 1 fully saturated rings. The van der Waals surface area contributed by atoms with Gasteiger partial charge in [0, 0.05) is 32.6 Å². The first-order valence-corrected chi connectivity index (χ1v) is 11.4. The smallest absolute Gasteiger partial charge is 0.285 e. The van der Waals surface area contributed by atoms with Crippen molar-refractivity contribution < 1.29 is 9.13 Å². The molecule has 5 rings (SSSR count). The van der Waals surface area contributed by atoms with Gasteiger partial charge in [0.25, 0.3) is 5.56 Å². The van der Waals surface area contributed by atoms with Crippen LogP contribution in [0.4, 0.5) is 10.1 Å². The minimum atomic E-state index is -0.415. The average Bonchev–Trinajstić information content (AvgIpc) is 3.24. The van der Waals surface area contributed by atoms with Crippen molar-refractivity contribution in [2.24, 2.45) is 0 Å². The zero-order chi connectivity index (χ0) is 22.9. The number of ether oxygens (including phenoxy) is 1. The third kappa shape index (κ3) is 4.38. The van der Waals surface area contributed by atoms with Gasteiger partial charge in [-0.25, -0.2) is 14.2 Å². The third-order valence-corrected chi connectivity index (χ3v) is 6.73. The van der Waals surface area contributed by atoms with E-state index in [0.717, 1.165) is 35.6 Å². The van der Waals surface area contributed by atoms with Gasteiger partial charge in [-0.1, -0.05) is 22.9 Å². The molecule has 1 aromatic carbocycles. The van der Waals surface area contributed by atoms with Crippen LogP contribution in [0.5, 0.6) is 0 Å². The first kappa shape index (κ1) is 22.0. The molecule has 2 aliphatic heterocycles. The van der Waals surface area contributed by atoms with E-state index in [-0.39, 0.29) is 16.9 Å². The highest BCUT2D eigenvalue weighted by Gasteiger charge is 2.27. The van der Waals surface area contributed by atoms with E-state index >= 15 is 0 Å². The normalized spacial score (nSPS) is 17.7. The number of benzene rings is 1. The van der Waals surface area contributed by atoms with Crippen LogP contribution < -0.4 is 10.5 Å². The Morgan fingerprint density at radius 3 is 2.91 bits per heavy atom. The number of hydrogen-bond donors (Lipinski definition) is 1. The van der Waals surface area contributed by atoms with Crippen LogP contribution in [0.2, 0.25) is 5.02 Å². The second kappa shape index (κ2) is 9.20. The Hall–Kier alpha value is -2.82. The lowest BCUT2D eigenvalue weighted by Gasteiger charge is -2.30. The van der Waals surface area contributed by atoms with E-state index in [4.69, 9.17) is 16.3 Å². The Morgan fingerprint density at radius 1 is 1.27 bits per heavy atom. The molecule has 174 valence electrons. The number of halogens is 2. The van der Waals surface area contributed by atoms with Gasteiger partial charge in [-0.2, -0.15) is 5.10 Å². The number of morpholine rings is 1. The highest BCUT2D eigenvalue weighted by molar-refractivity contribution is 6.32. The summed E-state index contributed by atoms with van der Waals surface area (Å²) >= 11 is 6.19. The molecule has 1 saturated heterocycles. The molecule has 9 nitrogen and oxygen atoms in total. The number of aromatic amines is 1. The van der Waals surface area contributed by atoms with Gasteiger partial charge in [0.2, 0.25) is 0 Å². The predicted molar refractivity (Wildman–Crippen MR) is 121 cm³/mol. The van der Waals surface area contributed by atoms with Crippen LogP contribution in [0.25, 0.3) is 0 Å². The summed E-state index contributed by atoms with van der Waals surface area (Å²) in [6.45, 7) is 6.92. The molecule has 0 radical (unpaired) electrons. The fourth-order valence-electron chi connectivity index (χ4n) is 4.59. The lowest BCUT2D eigenvalue weighted by atomic mass is 9.99. The summed E-state index contributed by atoms with van der Waals surface area (Å²) < 4.78 is 21.5. The van der Waals surface area contributed by atoms with Gasteiger partial charge >= 0.3 is 0 Å². The fraction of sp³-hybridized carbons (Fsp3) is 0.455. The zero-order valence-electron chi connectivity index (χ0n) is 18.3. The molecule has 1 atom stereocenters. The number of aromatic nitrogens is 5. The molecule has 11 heteroatoms. The first-order valence-electron chi connectivity index (χ1n) is 11.0. The topological polar surface area (TPSA) is 92.2 Å². The van der Waals surface area contributed by atoms with Crippen LogP contribution in [-0.4, -0.2) is 62.9 Å². The minimum absolute atomic E-state index is 0.103. The summed E-state index contributed by atoms with van der Waals surface area (Å²) in [7, 11) is 0. The molecule has 4 heterocycles. The van der Waals surface area contributed by atoms with E-state index in [2.05, 4.69) is 32.3 Å². The molecule has 0 aliphatic carbocycles. The maximum Gasteiger partial charge on any atom is 0.285 e. The molecule has 1 N–H and O–H groups in total. The molecule has 0 amide bonds. The van der Waals surface area contributed by atoms with Crippen LogP contribution >= 0.6 is 11.6 Å². The van der Waals surface area contributed by atoms with Crippen LogP contribution in [0.15, 0.2) is 29.2 Å². The summed E-state index contributed by atoms with van der Waals surface area (Å²) in [6.07, 6.45) is 2.24. The molecular weight excluding hydrogens is 449 g/mol. The van der Waals surface area contributed by atoms with E-state index in [0.29, 0.717) is 45.0 Å². The van der Waals surface area contributed by atoms with Crippen molar-refractivity contribution in [2.75, 3.05) is 37.7 Å². The fourth-order valence-corrected chi connectivity index (χ4v) is 4.80. The number of nitrogens with one attached hydrogen (secondary N) is 1.